The van der Waals surface area contributed by atoms with Crippen molar-refractivity contribution in [1.82, 2.24) is 0 Å². The van der Waals surface area contributed by atoms with Gasteiger partial charge in [0.2, 0.25) is 0 Å². The highest BCUT2D eigenvalue weighted by Crippen LogP contribution is 2.27. The third kappa shape index (κ3) is 2.03. The molecule has 0 amide bonds. The number of hydrogen-bond donors (Lipinski definition) is 0. The van der Waals surface area contributed by atoms with Crippen molar-refractivity contribution < 1.29 is 8.78 Å². The Labute approximate surface area is 93.5 Å². The molecule has 0 unspecified atom stereocenters. The number of nitrogens with zero attached hydrogens (tertiary/aromatic N) is 1. The summed E-state index contributed by atoms with van der Waals surface area (Å²) >= 11 is 0. The Kier molecular flexibility index (Phi) is 3.13. The fraction of sp³-hybridized carbons (Fsp3) is 0.308. The van der Waals surface area contributed by atoms with Crippen molar-refractivity contribution in [3.8, 4) is 0 Å². The molecule has 0 aromatic heterocycles. The molecule has 1 aromatic rings. The molecule has 1 heterocycles. The summed E-state index contributed by atoms with van der Waals surface area (Å²) in [7, 11) is 0. The maximum Gasteiger partial charge on any atom is 0.159 e. The third-order valence-electron chi connectivity index (χ3n) is 2.77. The molecule has 0 bridgehead atoms. The predicted molar refractivity (Wildman–Crippen MR) is 61.5 cm³/mol. The third-order valence-corrected chi connectivity index (χ3v) is 2.77. The molecule has 84 valence electrons. The number of rotatable bonds is 2. The Morgan fingerprint density at radius 2 is 2.06 bits per heavy atom. The molecule has 0 aliphatic carbocycles. The van der Waals surface area contributed by atoms with Gasteiger partial charge >= 0.3 is 0 Å². The molecule has 0 N–H and O–H groups in total. The molecule has 1 aliphatic heterocycles. The van der Waals surface area contributed by atoms with E-state index < -0.39 is 11.6 Å². The minimum Gasteiger partial charge on any atom is -0.293 e. The first-order valence-corrected chi connectivity index (χ1v) is 5.39. The van der Waals surface area contributed by atoms with Crippen LogP contribution in [0.4, 0.5) is 8.78 Å². The van der Waals surface area contributed by atoms with Crippen LogP contribution in [0.3, 0.4) is 0 Å². The lowest BCUT2D eigenvalue weighted by molar-refractivity contribution is 0.508. The van der Waals surface area contributed by atoms with Gasteiger partial charge in [-0.25, -0.2) is 8.78 Å². The van der Waals surface area contributed by atoms with Crippen LogP contribution in [0.25, 0.3) is 5.57 Å². The molecule has 16 heavy (non-hydrogen) atoms. The van der Waals surface area contributed by atoms with Gasteiger partial charge < -0.3 is 0 Å². The second-order valence-electron chi connectivity index (χ2n) is 3.77. The van der Waals surface area contributed by atoms with Crippen molar-refractivity contribution in [2.24, 2.45) is 4.99 Å². The van der Waals surface area contributed by atoms with Gasteiger partial charge in [-0.15, -0.1) is 0 Å². The van der Waals surface area contributed by atoms with E-state index in [1.807, 2.05) is 13.1 Å². The van der Waals surface area contributed by atoms with Gasteiger partial charge in [-0.1, -0.05) is 13.0 Å². The lowest BCUT2D eigenvalue weighted by atomic mass is 9.94. The Hall–Kier alpha value is -1.51. The van der Waals surface area contributed by atoms with Gasteiger partial charge in [0.15, 0.2) is 11.6 Å². The SMILES string of the molecule is CCC1=C(c2ccc(F)c(F)c2)CCN=C1. The molecule has 3 heteroatoms. The van der Waals surface area contributed by atoms with Gasteiger partial charge in [-0.3, -0.25) is 4.99 Å². The van der Waals surface area contributed by atoms with Crippen molar-refractivity contribution >= 4 is 11.8 Å². The average molecular weight is 221 g/mol. The number of allylic oxidation sites excluding steroid dienone is 1. The second kappa shape index (κ2) is 4.56. The van der Waals surface area contributed by atoms with E-state index in [1.54, 1.807) is 6.07 Å². The monoisotopic (exact) mass is 221 g/mol. The zero-order chi connectivity index (χ0) is 11.5. The zero-order valence-corrected chi connectivity index (χ0v) is 9.13. The van der Waals surface area contributed by atoms with E-state index in [1.165, 1.54) is 12.1 Å². The lowest BCUT2D eigenvalue weighted by Gasteiger charge is -2.15. The van der Waals surface area contributed by atoms with Crippen LogP contribution in [-0.2, 0) is 0 Å². The van der Waals surface area contributed by atoms with E-state index in [0.717, 1.165) is 36.1 Å². The molecule has 0 saturated heterocycles. The summed E-state index contributed by atoms with van der Waals surface area (Å²) in [5.74, 6) is -1.59. The molecule has 1 aliphatic rings. The second-order valence-corrected chi connectivity index (χ2v) is 3.77. The molecule has 0 fully saturated rings. The standard InChI is InChI=1S/C13H13F2N/c1-2-9-8-16-6-5-11(9)10-3-4-12(14)13(15)7-10/h3-4,7-8H,2,5-6H2,1H3. The molecule has 0 spiro atoms. The molecule has 1 nitrogen and oxygen atoms in total. The number of hydrogen-bond acceptors (Lipinski definition) is 1. The highest BCUT2D eigenvalue weighted by atomic mass is 19.2. The molecular weight excluding hydrogens is 208 g/mol. The minimum absolute atomic E-state index is 0.720. The summed E-state index contributed by atoms with van der Waals surface area (Å²) in [5.41, 5.74) is 2.95. The highest BCUT2D eigenvalue weighted by molar-refractivity contribution is 5.92. The fourth-order valence-corrected chi connectivity index (χ4v) is 1.91. The normalized spacial score (nSPS) is 15.7. The van der Waals surface area contributed by atoms with Gasteiger partial charge in [-0.05, 0) is 41.7 Å². The molecular formula is C13H13F2N. The lowest BCUT2D eigenvalue weighted by Crippen LogP contribution is -2.02. The smallest absolute Gasteiger partial charge is 0.159 e. The number of halogens is 2. The van der Waals surface area contributed by atoms with Crippen molar-refractivity contribution in [2.45, 2.75) is 19.8 Å². The maximum absolute atomic E-state index is 13.1. The van der Waals surface area contributed by atoms with Crippen molar-refractivity contribution in [2.75, 3.05) is 6.54 Å². The van der Waals surface area contributed by atoms with Gasteiger partial charge in [0.1, 0.15) is 0 Å². The van der Waals surface area contributed by atoms with Crippen LogP contribution in [0, 0.1) is 11.6 Å². The molecule has 2 rings (SSSR count). The van der Waals surface area contributed by atoms with Crippen LogP contribution in [-0.4, -0.2) is 12.8 Å². The Morgan fingerprint density at radius 3 is 2.75 bits per heavy atom. The highest BCUT2D eigenvalue weighted by Gasteiger charge is 2.12. The van der Waals surface area contributed by atoms with Crippen molar-refractivity contribution in [1.29, 1.82) is 0 Å². The predicted octanol–water partition coefficient (Wildman–Crippen LogP) is 3.60. The summed E-state index contributed by atoms with van der Waals surface area (Å²) in [6, 6.07) is 4.07. The zero-order valence-electron chi connectivity index (χ0n) is 9.13. The fourth-order valence-electron chi connectivity index (χ4n) is 1.91. The van der Waals surface area contributed by atoms with Gasteiger partial charge in [0.05, 0.1) is 0 Å². The number of aliphatic imine (C=N–C) groups is 1. The first-order valence-electron chi connectivity index (χ1n) is 5.39. The average Bonchev–Trinajstić information content (AvgIpc) is 2.32. The first-order chi connectivity index (χ1) is 7.72. The van der Waals surface area contributed by atoms with Gasteiger partial charge in [-0.2, -0.15) is 0 Å². The summed E-state index contributed by atoms with van der Waals surface area (Å²) in [6.07, 6.45) is 3.49. The Balaban J connectivity index is 2.46. The summed E-state index contributed by atoms with van der Waals surface area (Å²) in [4.78, 5) is 4.19. The van der Waals surface area contributed by atoms with Crippen LogP contribution in [0.1, 0.15) is 25.3 Å². The van der Waals surface area contributed by atoms with E-state index in [4.69, 9.17) is 0 Å². The maximum atomic E-state index is 13.1. The molecule has 0 radical (unpaired) electrons. The largest absolute Gasteiger partial charge is 0.293 e. The summed E-state index contributed by atoms with van der Waals surface area (Å²) < 4.78 is 26.0. The van der Waals surface area contributed by atoms with E-state index in [-0.39, 0.29) is 0 Å². The van der Waals surface area contributed by atoms with E-state index in [0.29, 0.717) is 0 Å². The van der Waals surface area contributed by atoms with Crippen LogP contribution in [0.2, 0.25) is 0 Å². The van der Waals surface area contributed by atoms with Crippen molar-refractivity contribution in [3.05, 3.63) is 41.0 Å². The molecule has 0 atom stereocenters. The first kappa shape index (κ1) is 11.0. The van der Waals surface area contributed by atoms with Crippen LogP contribution in [0.5, 0.6) is 0 Å². The Morgan fingerprint density at radius 1 is 1.25 bits per heavy atom. The van der Waals surface area contributed by atoms with Crippen LogP contribution < -0.4 is 0 Å². The van der Waals surface area contributed by atoms with E-state index in [9.17, 15) is 8.78 Å². The number of dihydropyridines is 1. The van der Waals surface area contributed by atoms with Gasteiger partial charge in [0.25, 0.3) is 0 Å². The summed E-state index contributed by atoms with van der Waals surface area (Å²) in [5, 5.41) is 0. The van der Waals surface area contributed by atoms with E-state index in [2.05, 4.69) is 4.99 Å². The number of benzene rings is 1. The van der Waals surface area contributed by atoms with Crippen LogP contribution >= 0.6 is 0 Å². The molecule has 0 saturated carbocycles. The topological polar surface area (TPSA) is 12.4 Å². The van der Waals surface area contributed by atoms with E-state index >= 15 is 0 Å². The quantitative estimate of drug-likeness (QED) is 0.723. The summed E-state index contributed by atoms with van der Waals surface area (Å²) in [6.45, 7) is 2.75. The van der Waals surface area contributed by atoms with Crippen molar-refractivity contribution in [3.63, 3.8) is 0 Å². The Bertz CT molecular complexity index is 461. The van der Waals surface area contributed by atoms with Crippen LogP contribution in [0.15, 0.2) is 28.8 Å². The minimum atomic E-state index is -0.799. The van der Waals surface area contributed by atoms with Gasteiger partial charge in [0, 0.05) is 12.8 Å². The molecule has 1 aromatic carbocycles.